The van der Waals surface area contributed by atoms with E-state index in [0.29, 0.717) is 16.7 Å². The molecule has 0 radical (unpaired) electrons. The van der Waals surface area contributed by atoms with E-state index >= 15 is 0 Å². The highest BCUT2D eigenvalue weighted by molar-refractivity contribution is 8.00. The van der Waals surface area contributed by atoms with Gasteiger partial charge in [0.1, 0.15) is 5.75 Å². The van der Waals surface area contributed by atoms with Crippen LogP contribution in [0.1, 0.15) is 20.8 Å². The second-order valence-corrected chi connectivity index (χ2v) is 8.60. The molecule has 0 saturated heterocycles. The molecule has 3 rings (SSSR count). The SMILES string of the molecule is CCn1c(SC(C(=O)Nc2ccc(OC)cc2)C(C)C)nnc1-c1ccc(Cl)cc1. The molecule has 1 N–H and O–H groups in total. The first-order valence-corrected chi connectivity index (χ1v) is 11.0. The van der Waals surface area contributed by atoms with Gasteiger partial charge in [-0.1, -0.05) is 37.2 Å². The molecule has 1 heterocycles. The lowest BCUT2D eigenvalue weighted by atomic mass is 10.1. The Morgan fingerprint density at radius 2 is 1.80 bits per heavy atom. The highest BCUT2D eigenvalue weighted by Crippen LogP contribution is 2.31. The van der Waals surface area contributed by atoms with Gasteiger partial charge < -0.3 is 14.6 Å². The summed E-state index contributed by atoms with van der Waals surface area (Å²) in [6, 6.07) is 14.8. The third-order valence-corrected chi connectivity index (χ3v) is 6.37. The lowest BCUT2D eigenvalue weighted by Gasteiger charge is -2.20. The van der Waals surface area contributed by atoms with Gasteiger partial charge in [-0.2, -0.15) is 0 Å². The van der Waals surface area contributed by atoms with Crippen molar-refractivity contribution >= 4 is 35.0 Å². The van der Waals surface area contributed by atoms with Crippen LogP contribution in [0.5, 0.6) is 5.75 Å². The first-order valence-electron chi connectivity index (χ1n) is 9.73. The van der Waals surface area contributed by atoms with Gasteiger partial charge in [0.05, 0.1) is 12.4 Å². The van der Waals surface area contributed by atoms with Gasteiger partial charge in [0, 0.05) is 22.8 Å². The molecular weight excluding hydrogens is 420 g/mol. The molecule has 2 aromatic carbocycles. The van der Waals surface area contributed by atoms with E-state index in [4.69, 9.17) is 16.3 Å². The zero-order valence-electron chi connectivity index (χ0n) is 17.4. The maximum atomic E-state index is 13.0. The summed E-state index contributed by atoms with van der Waals surface area (Å²) in [4.78, 5) is 13.0. The summed E-state index contributed by atoms with van der Waals surface area (Å²) in [7, 11) is 1.61. The van der Waals surface area contributed by atoms with Crippen molar-refractivity contribution in [2.75, 3.05) is 12.4 Å². The van der Waals surface area contributed by atoms with E-state index in [9.17, 15) is 4.79 Å². The Morgan fingerprint density at radius 3 is 2.37 bits per heavy atom. The minimum absolute atomic E-state index is 0.0705. The third-order valence-electron chi connectivity index (χ3n) is 4.59. The number of nitrogens with zero attached hydrogens (tertiary/aromatic N) is 3. The molecule has 1 amide bonds. The zero-order chi connectivity index (χ0) is 21.7. The van der Waals surface area contributed by atoms with E-state index < -0.39 is 0 Å². The van der Waals surface area contributed by atoms with Gasteiger partial charge >= 0.3 is 0 Å². The minimum atomic E-state index is -0.320. The predicted octanol–water partition coefficient (Wildman–Crippen LogP) is 5.38. The topological polar surface area (TPSA) is 69.0 Å². The van der Waals surface area contributed by atoms with Crippen LogP contribution in [-0.4, -0.2) is 33.0 Å². The van der Waals surface area contributed by atoms with Crippen LogP contribution in [0.3, 0.4) is 0 Å². The van der Waals surface area contributed by atoms with Gasteiger partial charge in [0.2, 0.25) is 5.91 Å². The number of rotatable bonds is 8. The zero-order valence-corrected chi connectivity index (χ0v) is 19.0. The first-order chi connectivity index (χ1) is 14.4. The molecule has 1 atom stereocenters. The van der Waals surface area contributed by atoms with Gasteiger partial charge in [0.15, 0.2) is 11.0 Å². The van der Waals surface area contributed by atoms with E-state index in [0.717, 1.165) is 22.8 Å². The predicted molar refractivity (Wildman–Crippen MR) is 122 cm³/mol. The number of carbonyl (C=O) groups is 1. The van der Waals surface area contributed by atoms with E-state index in [2.05, 4.69) is 15.5 Å². The molecular formula is C22H25ClN4O2S. The van der Waals surface area contributed by atoms with Crippen LogP contribution >= 0.6 is 23.4 Å². The minimum Gasteiger partial charge on any atom is -0.497 e. The molecule has 158 valence electrons. The number of ether oxygens (including phenoxy) is 1. The fourth-order valence-electron chi connectivity index (χ4n) is 2.97. The highest BCUT2D eigenvalue weighted by atomic mass is 35.5. The number of hydrogen-bond donors (Lipinski definition) is 1. The van der Waals surface area contributed by atoms with Crippen molar-refractivity contribution < 1.29 is 9.53 Å². The van der Waals surface area contributed by atoms with Crippen LogP contribution in [0.15, 0.2) is 53.7 Å². The second kappa shape index (κ2) is 10.00. The smallest absolute Gasteiger partial charge is 0.238 e. The molecule has 30 heavy (non-hydrogen) atoms. The van der Waals surface area contributed by atoms with Crippen LogP contribution in [0.25, 0.3) is 11.4 Å². The number of anilines is 1. The van der Waals surface area contributed by atoms with Crippen molar-refractivity contribution in [1.82, 2.24) is 14.8 Å². The standard InChI is InChI=1S/C22H25ClN4O2S/c1-5-27-20(15-6-8-16(23)9-7-15)25-26-22(27)30-19(14(2)3)21(28)24-17-10-12-18(29-4)13-11-17/h6-14,19H,5H2,1-4H3,(H,24,28). The fraction of sp³-hybridized carbons (Fsp3) is 0.318. The quantitative estimate of drug-likeness (QED) is 0.472. The molecule has 0 spiro atoms. The Morgan fingerprint density at radius 1 is 1.13 bits per heavy atom. The number of hydrogen-bond acceptors (Lipinski definition) is 5. The molecule has 0 saturated carbocycles. The van der Waals surface area contributed by atoms with Crippen molar-refractivity contribution in [1.29, 1.82) is 0 Å². The average Bonchev–Trinajstić information content (AvgIpc) is 3.15. The molecule has 1 aromatic heterocycles. The van der Waals surface area contributed by atoms with Crippen molar-refractivity contribution in [3.63, 3.8) is 0 Å². The molecule has 0 aliphatic heterocycles. The summed E-state index contributed by atoms with van der Waals surface area (Å²) in [6.45, 7) is 6.78. The van der Waals surface area contributed by atoms with Crippen molar-refractivity contribution in [3.8, 4) is 17.1 Å². The van der Waals surface area contributed by atoms with Crippen LogP contribution in [0.4, 0.5) is 5.69 Å². The summed E-state index contributed by atoms with van der Waals surface area (Å²) in [5.74, 6) is 1.54. The van der Waals surface area contributed by atoms with E-state index in [1.54, 1.807) is 7.11 Å². The van der Waals surface area contributed by atoms with E-state index in [1.807, 2.05) is 73.9 Å². The Balaban J connectivity index is 1.80. The molecule has 1 unspecified atom stereocenters. The maximum absolute atomic E-state index is 13.0. The lowest BCUT2D eigenvalue weighted by Crippen LogP contribution is -2.30. The number of thioether (sulfide) groups is 1. The number of amides is 1. The molecule has 0 aliphatic carbocycles. The first kappa shape index (κ1) is 22.2. The van der Waals surface area contributed by atoms with Gasteiger partial charge in [-0.15, -0.1) is 10.2 Å². The van der Waals surface area contributed by atoms with Crippen molar-refractivity contribution in [2.45, 2.75) is 37.7 Å². The van der Waals surface area contributed by atoms with E-state index in [1.165, 1.54) is 11.8 Å². The molecule has 6 nitrogen and oxygen atoms in total. The van der Waals surface area contributed by atoms with Crippen molar-refractivity contribution in [2.24, 2.45) is 5.92 Å². The third kappa shape index (κ3) is 5.15. The van der Waals surface area contributed by atoms with Gasteiger partial charge in [-0.25, -0.2) is 0 Å². The summed E-state index contributed by atoms with van der Waals surface area (Å²) in [5, 5.41) is 12.8. The van der Waals surface area contributed by atoms with Crippen LogP contribution in [-0.2, 0) is 11.3 Å². The number of aromatic nitrogens is 3. The number of benzene rings is 2. The Kier molecular flexibility index (Phi) is 7.39. The van der Waals surface area contributed by atoms with Gasteiger partial charge in [0.25, 0.3) is 0 Å². The summed E-state index contributed by atoms with van der Waals surface area (Å²) < 4.78 is 7.19. The van der Waals surface area contributed by atoms with Gasteiger partial charge in [-0.05, 0) is 61.4 Å². The Bertz CT molecular complexity index is 987. The lowest BCUT2D eigenvalue weighted by molar-refractivity contribution is -0.116. The summed E-state index contributed by atoms with van der Waals surface area (Å²) in [5.41, 5.74) is 1.66. The average molecular weight is 445 g/mol. The molecule has 8 heteroatoms. The van der Waals surface area contributed by atoms with E-state index in [-0.39, 0.29) is 17.1 Å². The number of carbonyl (C=O) groups excluding carboxylic acids is 1. The second-order valence-electron chi connectivity index (χ2n) is 7.06. The molecule has 0 bridgehead atoms. The van der Waals surface area contributed by atoms with Crippen LogP contribution in [0.2, 0.25) is 5.02 Å². The largest absolute Gasteiger partial charge is 0.497 e. The molecule has 3 aromatic rings. The number of halogens is 1. The molecule has 0 fully saturated rings. The number of methoxy groups -OCH3 is 1. The maximum Gasteiger partial charge on any atom is 0.238 e. The van der Waals surface area contributed by atoms with Crippen LogP contribution < -0.4 is 10.1 Å². The highest BCUT2D eigenvalue weighted by Gasteiger charge is 2.27. The Hall–Kier alpha value is -2.51. The number of nitrogens with one attached hydrogen (secondary N) is 1. The molecule has 0 aliphatic rings. The summed E-state index contributed by atoms with van der Waals surface area (Å²) >= 11 is 7.43. The van der Waals surface area contributed by atoms with Gasteiger partial charge in [-0.3, -0.25) is 4.79 Å². The normalized spacial score (nSPS) is 12.1. The van der Waals surface area contributed by atoms with Crippen LogP contribution in [0, 0.1) is 5.92 Å². The summed E-state index contributed by atoms with van der Waals surface area (Å²) in [6.07, 6.45) is 0. The Labute approximate surface area is 186 Å². The fourth-order valence-corrected chi connectivity index (χ4v) is 4.19. The van der Waals surface area contributed by atoms with Crippen molar-refractivity contribution in [3.05, 3.63) is 53.6 Å². The monoisotopic (exact) mass is 444 g/mol.